The molecule has 4 rings (SSSR count). The minimum atomic E-state index is 0.328. The molecule has 0 unspecified atom stereocenters. The maximum Gasteiger partial charge on any atom is 0.220 e. The first-order chi connectivity index (χ1) is 10.2. The lowest BCUT2D eigenvalue weighted by Gasteiger charge is -2.13. The van der Waals surface area contributed by atoms with Crippen molar-refractivity contribution in [1.29, 1.82) is 0 Å². The maximum absolute atomic E-state index is 5.77. The van der Waals surface area contributed by atoms with E-state index in [4.69, 9.17) is 5.73 Å². The van der Waals surface area contributed by atoms with E-state index in [1.807, 2.05) is 6.92 Å². The number of rotatable bonds is 1. The van der Waals surface area contributed by atoms with Crippen LogP contribution in [-0.4, -0.2) is 14.5 Å². The molecule has 104 valence electrons. The van der Waals surface area contributed by atoms with Crippen LogP contribution < -0.4 is 5.73 Å². The molecular formula is C17H16N4. The average molecular weight is 276 g/mol. The highest BCUT2D eigenvalue weighted by molar-refractivity contribution is 5.83. The molecule has 1 aliphatic rings. The minimum absolute atomic E-state index is 0.328. The molecule has 0 spiro atoms. The molecule has 21 heavy (non-hydrogen) atoms. The molecule has 1 aliphatic carbocycles. The van der Waals surface area contributed by atoms with Crippen LogP contribution in [0.3, 0.4) is 0 Å². The van der Waals surface area contributed by atoms with Crippen molar-refractivity contribution in [2.75, 3.05) is 5.73 Å². The van der Waals surface area contributed by atoms with Gasteiger partial charge in [-0.15, -0.1) is 0 Å². The Morgan fingerprint density at radius 1 is 1.19 bits per heavy atom. The molecule has 2 heterocycles. The summed E-state index contributed by atoms with van der Waals surface area (Å²) in [6.07, 6.45) is 8.71. The van der Waals surface area contributed by atoms with E-state index in [9.17, 15) is 0 Å². The number of aromatic nitrogens is 3. The van der Waals surface area contributed by atoms with Gasteiger partial charge in [-0.2, -0.15) is 0 Å². The number of nitrogen functional groups attached to an aromatic ring is 1. The van der Waals surface area contributed by atoms with Gasteiger partial charge in [0.2, 0.25) is 5.95 Å². The molecule has 3 aromatic rings. The molecule has 0 amide bonds. The van der Waals surface area contributed by atoms with Gasteiger partial charge >= 0.3 is 0 Å². The van der Waals surface area contributed by atoms with Gasteiger partial charge in [0.1, 0.15) is 0 Å². The number of nitrogens with zero attached hydrogens (tertiary/aromatic N) is 3. The number of nitrogens with two attached hydrogens (primary N) is 1. The van der Waals surface area contributed by atoms with E-state index >= 15 is 0 Å². The fraction of sp³-hybridized carbons (Fsp3) is 0.176. The first-order valence-corrected chi connectivity index (χ1v) is 7.13. The molecule has 0 aliphatic heterocycles. The summed E-state index contributed by atoms with van der Waals surface area (Å²) in [5, 5.41) is 1.05. The van der Waals surface area contributed by atoms with Gasteiger partial charge in [0.05, 0.1) is 11.2 Å². The quantitative estimate of drug-likeness (QED) is 0.742. The van der Waals surface area contributed by atoms with E-state index < -0.39 is 0 Å². The smallest absolute Gasteiger partial charge is 0.220 e. The van der Waals surface area contributed by atoms with Crippen LogP contribution in [0.25, 0.3) is 22.7 Å². The van der Waals surface area contributed by atoms with E-state index in [0.717, 1.165) is 35.1 Å². The SMILES string of the molecule is Cc1nc(N)nc2cc(-n3ccc4c3CCC=C4)ccc12. The molecule has 2 aromatic heterocycles. The van der Waals surface area contributed by atoms with Gasteiger partial charge in [-0.25, -0.2) is 9.97 Å². The Morgan fingerprint density at radius 2 is 2.10 bits per heavy atom. The van der Waals surface area contributed by atoms with Crippen molar-refractivity contribution in [3.8, 4) is 5.69 Å². The molecule has 1 aromatic carbocycles. The Morgan fingerprint density at radius 3 is 3.00 bits per heavy atom. The topological polar surface area (TPSA) is 56.7 Å². The second-order valence-corrected chi connectivity index (χ2v) is 5.40. The van der Waals surface area contributed by atoms with Crippen molar-refractivity contribution in [3.63, 3.8) is 0 Å². The summed E-state index contributed by atoms with van der Waals surface area (Å²) in [5.41, 5.74) is 11.4. The molecule has 0 atom stereocenters. The predicted molar refractivity (Wildman–Crippen MR) is 85.4 cm³/mol. The fourth-order valence-electron chi connectivity index (χ4n) is 3.02. The lowest BCUT2D eigenvalue weighted by molar-refractivity contribution is 0.875. The highest BCUT2D eigenvalue weighted by atomic mass is 15.0. The molecule has 0 radical (unpaired) electrons. The van der Waals surface area contributed by atoms with E-state index in [1.165, 1.54) is 11.3 Å². The molecule has 0 saturated carbocycles. The number of hydrogen-bond acceptors (Lipinski definition) is 3. The van der Waals surface area contributed by atoms with Crippen LogP contribution in [0.2, 0.25) is 0 Å². The van der Waals surface area contributed by atoms with Gasteiger partial charge in [0.25, 0.3) is 0 Å². The molecule has 0 bridgehead atoms. The first-order valence-electron chi connectivity index (χ1n) is 7.13. The van der Waals surface area contributed by atoms with E-state index in [-0.39, 0.29) is 0 Å². The molecular weight excluding hydrogens is 260 g/mol. The highest BCUT2D eigenvalue weighted by Gasteiger charge is 2.12. The monoisotopic (exact) mass is 276 g/mol. The van der Waals surface area contributed by atoms with E-state index in [0.29, 0.717) is 5.95 Å². The summed E-state index contributed by atoms with van der Waals surface area (Å²) in [6.45, 7) is 1.96. The van der Waals surface area contributed by atoms with Crippen LogP contribution in [0.5, 0.6) is 0 Å². The van der Waals surface area contributed by atoms with E-state index in [2.05, 4.69) is 57.1 Å². The lowest BCUT2D eigenvalue weighted by atomic mass is 10.1. The largest absolute Gasteiger partial charge is 0.368 e. The van der Waals surface area contributed by atoms with Gasteiger partial charge < -0.3 is 10.3 Å². The minimum Gasteiger partial charge on any atom is -0.368 e. The third-order valence-electron chi connectivity index (χ3n) is 4.04. The lowest BCUT2D eigenvalue weighted by Crippen LogP contribution is -2.03. The Hall–Kier alpha value is -2.62. The van der Waals surface area contributed by atoms with Gasteiger partial charge in [-0.1, -0.05) is 12.2 Å². The second-order valence-electron chi connectivity index (χ2n) is 5.40. The first kappa shape index (κ1) is 12.1. The zero-order chi connectivity index (χ0) is 14.4. The van der Waals surface area contributed by atoms with Crippen LogP contribution >= 0.6 is 0 Å². The van der Waals surface area contributed by atoms with E-state index in [1.54, 1.807) is 0 Å². The Bertz CT molecular complexity index is 874. The van der Waals surface area contributed by atoms with Crippen molar-refractivity contribution in [2.45, 2.75) is 19.8 Å². The number of fused-ring (bicyclic) bond motifs is 2. The van der Waals surface area contributed by atoms with Crippen LogP contribution in [0, 0.1) is 6.92 Å². The zero-order valence-electron chi connectivity index (χ0n) is 11.9. The third-order valence-corrected chi connectivity index (χ3v) is 4.04. The predicted octanol–water partition coefficient (Wildman–Crippen LogP) is 3.27. The normalized spacial score (nSPS) is 13.6. The Balaban J connectivity index is 1.91. The summed E-state index contributed by atoms with van der Waals surface area (Å²) >= 11 is 0. The highest BCUT2D eigenvalue weighted by Crippen LogP contribution is 2.26. The van der Waals surface area contributed by atoms with Crippen LogP contribution in [0.4, 0.5) is 5.95 Å². The van der Waals surface area contributed by atoms with Crippen molar-refractivity contribution in [3.05, 3.63) is 53.5 Å². The standard InChI is InChI=1S/C17H16N4/c1-11-14-7-6-13(10-15(14)20-17(18)19-11)21-9-8-12-4-2-3-5-16(12)21/h2,4,6-10H,3,5H2,1H3,(H2,18,19,20). The van der Waals surface area contributed by atoms with Crippen molar-refractivity contribution in [1.82, 2.24) is 14.5 Å². The number of hydrogen-bond donors (Lipinski definition) is 1. The molecule has 2 N–H and O–H groups in total. The second kappa shape index (κ2) is 4.45. The Labute approximate surface area is 122 Å². The van der Waals surface area contributed by atoms with Gasteiger partial charge in [-0.3, -0.25) is 0 Å². The number of allylic oxidation sites excluding steroid dienone is 1. The molecule has 4 nitrogen and oxygen atoms in total. The summed E-state index contributed by atoms with van der Waals surface area (Å²) < 4.78 is 2.24. The number of anilines is 1. The summed E-state index contributed by atoms with van der Waals surface area (Å²) in [4.78, 5) is 8.57. The average Bonchev–Trinajstić information content (AvgIpc) is 2.90. The summed E-state index contributed by atoms with van der Waals surface area (Å²) in [7, 11) is 0. The Kier molecular flexibility index (Phi) is 2.57. The maximum atomic E-state index is 5.77. The molecule has 0 saturated heterocycles. The van der Waals surface area contributed by atoms with Gasteiger partial charge in [0.15, 0.2) is 0 Å². The summed E-state index contributed by atoms with van der Waals surface area (Å²) in [6, 6.07) is 8.44. The van der Waals surface area contributed by atoms with Gasteiger partial charge in [-0.05, 0) is 49.6 Å². The van der Waals surface area contributed by atoms with Gasteiger partial charge in [0, 0.05) is 23.0 Å². The molecule has 4 heteroatoms. The number of aryl methyl sites for hydroxylation is 1. The van der Waals surface area contributed by atoms with Crippen LogP contribution in [0.15, 0.2) is 36.5 Å². The third kappa shape index (κ3) is 1.91. The van der Waals surface area contributed by atoms with Crippen LogP contribution in [0.1, 0.15) is 23.4 Å². The number of benzene rings is 1. The summed E-state index contributed by atoms with van der Waals surface area (Å²) in [5.74, 6) is 0.328. The molecule has 0 fully saturated rings. The van der Waals surface area contributed by atoms with Crippen LogP contribution in [-0.2, 0) is 6.42 Å². The fourth-order valence-corrected chi connectivity index (χ4v) is 3.02. The van der Waals surface area contributed by atoms with Crippen molar-refractivity contribution in [2.24, 2.45) is 0 Å². The zero-order valence-corrected chi connectivity index (χ0v) is 11.9. The van der Waals surface area contributed by atoms with Crippen molar-refractivity contribution >= 4 is 22.9 Å². The van der Waals surface area contributed by atoms with Crippen molar-refractivity contribution < 1.29 is 0 Å².